The quantitative estimate of drug-likeness (QED) is 0.145. The van der Waals surface area contributed by atoms with E-state index in [9.17, 15) is 4.79 Å². The molecule has 0 aliphatic carbocycles. The molecule has 3 aromatic carbocycles. The van der Waals surface area contributed by atoms with Crippen LogP contribution in [0.25, 0.3) is 0 Å². The van der Waals surface area contributed by atoms with Crippen LogP contribution in [0.4, 0.5) is 0 Å². The van der Waals surface area contributed by atoms with Gasteiger partial charge in [-0.15, -0.1) is 0 Å². The fraction of sp³-hybridized carbons (Fsp3) is 0.267. The Morgan fingerprint density at radius 1 is 0.821 bits per heavy atom. The Morgan fingerprint density at radius 2 is 1.36 bits per heavy atom. The number of ether oxygens (including phenoxy) is 4. The number of aromatic amines is 1. The van der Waals surface area contributed by atoms with Crippen LogP contribution < -0.4 is 11.3 Å². The molecule has 4 aromatic rings. The van der Waals surface area contributed by atoms with Crippen molar-refractivity contribution in [3.63, 3.8) is 0 Å². The van der Waals surface area contributed by atoms with Crippen molar-refractivity contribution < 1.29 is 23.7 Å². The molecule has 9 heteroatoms. The molecule has 1 amide bonds. The second-order valence-corrected chi connectivity index (χ2v) is 9.29. The summed E-state index contributed by atoms with van der Waals surface area (Å²) in [5.74, 6) is 4.92. The zero-order chi connectivity index (χ0) is 26.9. The third-order valence-corrected chi connectivity index (χ3v) is 6.61. The molecule has 1 saturated heterocycles. The van der Waals surface area contributed by atoms with E-state index in [4.69, 9.17) is 24.8 Å². The van der Waals surface area contributed by atoms with Gasteiger partial charge >= 0.3 is 0 Å². The van der Waals surface area contributed by atoms with Gasteiger partial charge < -0.3 is 18.9 Å². The maximum Gasteiger partial charge on any atom is 0.283 e. The monoisotopic (exact) mass is 528 g/mol. The molecule has 5 rings (SSSR count). The lowest BCUT2D eigenvalue weighted by atomic mass is 10.0. The summed E-state index contributed by atoms with van der Waals surface area (Å²) >= 11 is 0. The van der Waals surface area contributed by atoms with Crippen LogP contribution in [0.2, 0.25) is 0 Å². The van der Waals surface area contributed by atoms with Crippen molar-refractivity contribution in [2.45, 2.75) is 44.2 Å². The lowest BCUT2D eigenvalue weighted by Crippen LogP contribution is -2.38. The molecular formula is C30H32N4O5. The summed E-state index contributed by atoms with van der Waals surface area (Å²) in [6, 6.07) is 29.7. The average Bonchev–Trinajstić information content (AvgIpc) is 3.61. The number of hydrogen-bond acceptors (Lipinski definition) is 7. The Balaban J connectivity index is 1.41. The van der Waals surface area contributed by atoms with E-state index in [-0.39, 0.29) is 12.3 Å². The molecule has 1 fully saturated rings. The molecule has 0 unspecified atom stereocenters. The van der Waals surface area contributed by atoms with Gasteiger partial charge in [0.2, 0.25) is 0 Å². The number of aromatic nitrogens is 2. The SMILES string of the molecule is NNC(=O)c1[nH]ncc1[C@@H]1O[C@H](COCc2ccccc2)[C@@H](OCc2ccccc2)[C@H]1OCc1ccccc1. The van der Waals surface area contributed by atoms with Gasteiger partial charge in [-0.2, -0.15) is 5.10 Å². The van der Waals surface area contributed by atoms with Crippen LogP contribution in [0.5, 0.6) is 0 Å². The number of nitrogen functional groups attached to an aromatic ring is 1. The zero-order valence-corrected chi connectivity index (χ0v) is 21.4. The molecule has 9 nitrogen and oxygen atoms in total. The minimum absolute atomic E-state index is 0.212. The molecule has 39 heavy (non-hydrogen) atoms. The Bertz CT molecular complexity index is 1300. The lowest BCUT2D eigenvalue weighted by Gasteiger charge is -2.25. The molecule has 202 valence electrons. The van der Waals surface area contributed by atoms with Gasteiger partial charge in [-0.1, -0.05) is 91.0 Å². The molecular weight excluding hydrogens is 496 g/mol. The second kappa shape index (κ2) is 13.3. The smallest absolute Gasteiger partial charge is 0.283 e. The van der Waals surface area contributed by atoms with E-state index in [1.165, 1.54) is 0 Å². The van der Waals surface area contributed by atoms with E-state index in [2.05, 4.69) is 15.6 Å². The average molecular weight is 529 g/mol. The topological polar surface area (TPSA) is 121 Å². The number of H-pyrrole nitrogens is 1. The fourth-order valence-electron chi connectivity index (χ4n) is 4.66. The molecule has 0 saturated carbocycles. The number of carbonyl (C=O) groups is 1. The number of nitrogens with two attached hydrogens (primary N) is 1. The summed E-state index contributed by atoms with van der Waals surface area (Å²) in [4.78, 5) is 12.5. The minimum Gasteiger partial charge on any atom is -0.374 e. The molecule has 1 aliphatic rings. The van der Waals surface area contributed by atoms with Crippen LogP contribution >= 0.6 is 0 Å². The summed E-state index contributed by atoms with van der Waals surface area (Å²) in [7, 11) is 0. The first-order valence-corrected chi connectivity index (χ1v) is 12.9. The van der Waals surface area contributed by atoms with Crippen LogP contribution in [0.15, 0.2) is 97.2 Å². The first-order valence-electron chi connectivity index (χ1n) is 12.9. The third kappa shape index (κ3) is 6.78. The molecule has 4 atom stereocenters. The summed E-state index contributed by atoms with van der Waals surface area (Å²) in [6.07, 6.45) is -0.590. The molecule has 1 aliphatic heterocycles. The summed E-state index contributed by atoms with van der Waals surface area (Å²) in [5.41, 5.74) is 6.00. The number of nitrogens with one attached hydrogen (secondary N) is 2. The van der Waals surface area contributed by atoms with Crippen molar-refractivity contribution in [3.8, 4) is 0 Å². The highest BCUT2D eigenvalue weighted by molar-refractivity contribution is 5.93. The van der Waals surface area contributed by atoms with Crippen molar-refractivity contribution >= 4 is 5.91 Å². The Hall–Kier alpha value is -3.86. The zero-order valence-electron chi connectivity index (χ0n) is 21.4. The largest absolute Gasteiger partial charge is 0.374 e. The van der Waals surface area contributed by atoms with E-state index in [0.29, 0.717) is 25.4 Å². The Morgan fingerprint density at radius 3 is 1.92 bits per heavy atom. The normalized spacial score (nSPS) is 20.6. The van der Waals surface area contributed by atoms with Crippen molar-refractivity contribution in [1.29, 1.82) is 0 Å². The summed E-state index contributed by atoms with van der Waals surface area (Å²) < 4.78 is 25.6. The van der Waals surface area contributed by atoms with E-state index >= 15 is 0 Å². The Kier molecular flexibility index (Phi) is 9.10. The summed E-state index contributed by atoms with van der Waals surface area (Å²) in [5, 5.41) is 6.82. The maximum atomic E-state index is 12.5. The molecule has 0 bridgehead atoms. The summed E-state index contributed by atoms with van der Waals surface area (Å²) in [6.45, 7) is 1.40. The highest BCUT2D eigenvalue weighted by atomic mass is 16.6. The molecule has 0 spiro atoms. The van der Waals surface area contributed by atoms with E-state index < -0.39 is 30.3 Å². The van der Waals surface area contributed by atoms with Crippen LogP contribution in [-0.4, -0.2) is 41.0 Å². The molecule has 0 radical (unpaired) electrons. The van der Waals surface area contributed by atoms with E-state index in [0.717, 1.165) is 16.7 Å². The van der Waals surface area contributed by atoms with Gasteiger partial charge in [-0.25, -0.2) is 5.84 Å². The van der Waals surface area contributed by atoms with Gasteiger partial charge in [-0.3, -0.25) is 15.3 Å². The van der Waals surface area contributed by atoms with Crippen LogP contribution in [0, 0.1) is 0 Å². The number of hydrazine groups is 1. The predicted molar refractivity (Wildman–Crippen MR) is 144 cm³/mol. The van der Waals surface area contributed by atoms with Gasteiger partial charge in [0.15, 0.2) is 0 Å². The number of hydrogen-bond donors (Lipinski definition) is 3. The second-order valence-electron chi connectivity index (χ2n) is 9.29. The van der Waals surface area contributed by atoms with Crippen molar-refractivity contribution in [2.24, 2.45) is 5.84 Å². The minimum atomic E-state index is -0.647. The number of carbonyl (C=O) groups excluding carboxylic acids is 1. The van der Waals surface area contributed by atoms with Crippen molar-refractivity contribution in [1.82, 2.24) is 15.6 Å². The Labute approximate surface area is 227 Å². The van der Waals surface area contributed by atoms with E-state index in [1.54, 1.807) is 6.20 Å². The van der Waals surface area contributed by atoms with Gasteiger partial charge in [0.05, 0.1) is 32.6 Å². The van der Waals surface area contributed by atoms with Gasteiger partial charge in [-0.05, 0) is 16.7 Å². The van der Waals surface area contributed by atoms with Gasteiger partial charge in [0.1, 0.15) is 30.1 Å². The first kappa shape index (κ1) is 26.7. The highest BCUT2D eigenvalue weighted by Gasteiger charge is 2.48. The van der Waals surface area contributed by atoms with Gasteiger partial charge in [0, 0.05) is 5.56 Å². The van der Waals surface area contributed by atoms with Crippen molar-refractivity contribution in [3.05, 3.63) is 125 Å². The van der Waals surface area contributed by atoms with Crippen molar-refractivity contribution in [2.75, 3.05) is 6.61 Å². The van der Waals surface area contributed by atoms with Crippen LogP contribution in [0.1, 0.15) is 38.8 Å². The number of rotatable bonds is 12. The number of amides is 1. The van der Waals surface area contributed by atoms with E-state index in [1.807, 2.05) is 91.0 Å². The molecule has 2 heterocycles. The highest BCUT2D eigenvalue weighted by Crippen LogP contribution is 2.39. The third-order valence-electron chi connectivity index (χ3n) is 6.61. The lowest BCUT2D eigenvalue weighted by molar-refractivity contribution is -0.0898. The molecule has 1 aromatic heterocycles. The standard InChI is InChI=1S/C30H32N4O5/c31-33-30(35)26-24(16-32-34-26)27-29(38-19-23-14-8-3-9-15-23)28(37-18-22-12-6-2-7-13-22)25(39-27)20-36-17-21-10-4-1-5-11-21/h1-16,25,27-29H,17-20,31H2,(H,32,34)(H,33,35)/t25-,27+,28-,29+/m1/s1. The van der Waals surface area contributed by atoms with Crippen LogP contribution in [0.3, 0.4) is 0 Å². The first-order chi connectivity index (χ1) is 19.2. The fourth-order valence-corrected chi connectivity index (χ4v) is 4.66. The molecule has 4 N–H and O–H groups in total. The number of benzene rings is 3. The predicted octanol–water partition coefficient (Wildman–Crippen LogP) is 3.84. The number of nitrogens with zero attached hydrogens (tertiary/aromatic N) is 1. The maximum absolute atomic E-state index is 12.5. The van der Waals surface area contributed by atoms with Crippen LogP contribution in [-0.2, 0) is 38.8 Å². The van der Waals surface area contributed by atoms with Gasteiger partial charge in [0.25, 0.3) is 5.91 Å².